The van der Waals surface area contributed by atoms with Crippen molar-refractivity contribution in [2.24, 2.45) is 0 Å². The molecule has 1 heterocycles. The summed E-state index contributed by atoms with van der Waals surface area (Å²) in [5.41, 5.74) is 4.93. The van der Waals surface area contributed by atoms with Crippen LogP contribution in [0.5, 0.6) is 0 Å². The van der Waals surface area contributed by atoms with Crippen LogP contribution in [0.3, 0.4) is 0 Å². The van der Waals surface area contributed by atoms with Crippen LogP contribution in [0.1, 0.15) is 49.3 Å². The molecule has 1 fully saturated rings. The number of para-hydroxylation sites is 1. The number of carbonyl (C=O) groups is 1. The van der Waals surface area contributed by atoms with Gasteiger partial charge >= 0.3 is 165 Å². The SMILES string of the molecule is CCC(C(=O)Nc1c(C)cccc1C)[PH]1(Cc2ccccc2)CCCCC1. The van der Waals surface area contributed by atoms with E-state index >= 15 is 0 Å². The second-order valence-electron chi connectivity index (χ2n) is 8.30. The molecular formula is C24H34NOP. The van der Waals surface area contributed by atoms with Crippen molar-refractivity contribution in [1.29, 1.82) is 0 Å². The van der Waals surface area contributed by atoms with Crippen molar-refractivity contribution in [1.82, 2.24) is 0 Å². The monoisotopic (exact) mass is 383 g/mol. The molecule has 0 saturated carbocycles. The fourth-order valence-corrected chi connectivity index (χ4v) is 11.0. The van der Waals surface area contributed by atoms with Gasteiger partial charge in [-0.1, -0.05) is 0 Å². The number of nitrogens with one attached hydrogen (secondary N) is 1. The van der Waals surface area contributed by atoms with Gasteiger partial charge in [0.2, 0.25) is 0 Å². The molecule has 1 saturated heterocycles. The van der Waals surface area contributed by atoms with E-state index in [1.165, 1.54) is 37.1 Å². The first-order chi connectivity index (χ1) is 13.1. The fourth-order valence-electron chi connectivity index (χ4n) is 5.03. The molecule has 146 valence electrons. The van der Waals surface area contributed by atoms with E-state index in [0.29, 0.717) is 0 Å². The van der Waals surface area contributed by atoms with Crippen LogP contribution in [0.2, 0.25) is 0 Å². The number of rotatable bonds is 6. The van der Waals surface area contributed by atoms with Gasteiger partial charge in [-0.05, 0) is 0 Å². The van der Waals surface area contributed by atoms with Gasteiger partial charge in [0, 0.05) is 0 Å². The van der Waals surface area contributed by atoms with Crippen molar-refractivity contribution in [3.8, 4) is 0 Å². The summed E-state index contributed by atoms with van der Waals surface area (Å²) in [6.45, 7) is 6.38. The molecule has 0 spiro atoms. The van der Waals surface area contributed by atoms with Gasteiger partial charge in [0.25, 0.3) is 0 Å². The van der Waals surface area contributed by atoms with Gasteiger partial charge < -0.3 is 0 Å². The van der Waals surface area contributed by atoms with Crippen molar-refractivity contribution in [3.05, 3.63) is 65.2 Å². The zero-order valence-corrected chi connectivity index (χ0v) is 18.1. The van der Waals surface area contributed by atoms with E-state index in [-0.39, 0.29) is 11.6 Å². The van der Waals surface area contributed by atoms with Crippen molar-refractivity contribution in [2.75, 3.05) is 17.6 Å². The van der Waals surface area contributed by atoms with Crippen molar-refractivity contribution >= 4 is 18.9 Å². The van der Waals surface area contributed by atoms with Crippen molar-refractivity contribution in [3.63, 3.8) is 0 Å². The molecule has 1 N–H and O–H groups in total. The Hall–Kier alpha value is -1.66. The molecule has 0 aromatic heterocycles. The number of carbonyl (C=O) groups excluding carboxylic acids is 1. The van der Waals surface area contributed by atoms with E-state index in [0.717, 1.165) is 29.4 Å². The molecule has 3 heteroatoms. The first-order valence-corrected chi connectivity index (χ1v) is 13.2. The van der Waals surface area contributed by atoms with Crippen LogP contribution in [0, 0.1) is 13.8 Å². The number of benzene rings is 2. The first-order valence-electron chi connectivity index (χ1n) is 10.5. The summed E-state index contributed by atoms with van der Waals surface area (Å²) in [6, 6.07) is 17.1. The van der Waals surface area contributed by atoms with E-state index in [9.17, 15) is 4.79 Å². The van der Waals surface area contributed by atoms with Crippen LogP contribution >= 0.6 is 7.26 Å². The number of amides is 1. The second kappa shape index (κ2) is 9.02. The van der Waals surface area contributed by atoms with Crippen LogP contribution in [0.4, 0.5) is 5.69 Å². The van der Waals surface area contributed by atoms with E-state index in [4.69, 9.17) is 0 Å². The molecular weight excluding hydrogens is 349 g/mol. The minimum absolute atomic E-state index is 0.192. The molecule has 27 heavy (non-hydrogen) atoms. The standard InChI is InChI=1S/C24H34NOP/c1-4-22(24(26)25-23-19(2)12-11-13-20(23)3)27(16-9-6-10-17-27)18-21-14-7-5-8-15-21/h5,7-8,11-15,22,27H,4,6,9-10,16-18H2,1-3H3,(H,25,26). The summed E-state index contributed by atoms with van der Waals surface area (Å²) < 4.78 is 0. The molecule has 0 bridgehead atoms. The van der Waals surface area contributed by atoms with Gasteiger partial charge in [-0.2, -0.15) is 0 Å². The van der Waals surface area contributed by atoms with Crippen LogP contribution in [-0.4, -0.2) is 23.9 Å². The van der Waals surface area contributed by atoms with Crippen LogP contribution in [0.15, 0.2) is 48.5 Å². The molecule has 1 aliphatic heterocycles. The van der Waals surface area contributed by atoms with E-state index in [1.54, 1.807) is 0 Å². The molecule has 2 aromatic rings. The maximum absolute atomic E-state index is 13.5. The van der Waals surface area contributed by atoms with Gasteiger partial charge in [0.1, 0.15) is 0 Å². The quantitative estimate of drug-likeness (QED) is 0.595. The normalized spacial score (nSPS) is 18.5. The predicted molar refractivity (Wildman–Crippen MR) is 121 cm³/mol. The topological polar surface area (TPSA) is 29.1 Å². The summed E-state index contributed by atoms with van der Waals surface area (Å²) in [7, 11) is -1.72. The number of hydrogen-bond acceptors (Lipinski definition) is 1. The Morgan fingerprint density at radius 1 is 0.963 bits per heavy atom. The molecule has 2 nitrogen and oxygen atoms in total. The van der Waals surface area contributed by atoms with Gasteiger partial charge in [-0.15, -0.1) is 0 Å². The summed E-state index contributed by atoms with van der Waals surface area (Å²) in [5, 5.41) is 3.33. The third kappa shape index (κ3) is 4.61. The third-order valence-electron chi connectivity index (χ3n) is 6.44. The fraction of sp³-hybridized carbons (Fsp3) is 0.458. The third-order valence-corrected chi connectivity index (χ3v) is 12.4. The molecule has 2 aromatic carbocycles. The molecule has 1 aliphatic rings. The second-order valence-corrected chi connectivity index (χ2v) is 13.1. The molecule has 1 atom stereocenters. The van der Waals surface area contributed by atoms with E-state index in [2.05, 4.69) is 74.6 Å². The molecule has 0 radical (unpaired) electrons. The van der Waals surface area contributed by atoms with E-state index in [1.807, 2.05) is 0 Å². The predicted octanol–water partition coefficient (Wildman–Crippen LogP) is 6.15. The van der Waals surface area contributed by atoms with Crippen LogP contribution < -0.4 is 5.32 Å². The average molecular weight is 384 g/mol. The number of aryl methyl sites for hydroxylation is 2. The van der Waals surface area contributed by atoms with Crippen LogP contribution in [0.25, 0.3) is 0 Å². The Morgan fingerprint density at radius 2 is 1.59 bits per heavy atom. The summed E-state index contributed by atoms with van der Waals surface area (Å²) >= 11 is 0. The molecule has 1 unspecified atom stereocenters. The van der Waals surface area contributed by atoms with Crippen molar-refractivity contribution in [2.45, 2.75) is 58.3 Å². The van der Waals surface area contributed by atoms with Gasteiger partial charge in [-0.25, -0.2) is 0 Å². The van der Waals surface area contributed by atoms with Crippen LogP contribution in [-0.2, 0) is 11.0 Å². The molecule has 1 amide bonds. The molecule has 0 aliphatic carbocycles. The number of anilines is 1. The van der Waals surface area contributed by atoms with Crippen molar-refractivity contribution < 1.29 is 4.79 Å². The maximum atomic E-state index is 13.5. The summed E-state index contributed by atoms with van der Waals surface area (Å²) in [4.78, 5) is 13.5. The zero-order valence-electron chi connectivity index (χ0n) is 17.1. The molecule has 3 rings (SSSR count). The Morgan fingerprint density at radius 3 is 2.19 bits per heavy atom. The van der Waals surface area contributed by atoms with Gasteiger partial charge in [-0.3, -0.25) is 0 Å². The van der Waals surface area contributed by atoms with Gasteiger partial charge in [0.05, 0.1) is 0 Å². The Bertz CT molecular complexity index is 745. The Kier molecular flexibility index (Phi) is 6.71. The minimum atomic E-state index is -1.72. The zero-order chi connectivity index (χ0) is 19.3. The number of hydrogen-bond donors (Lipinski definition) is 1. The average Bonchev–Trinajstić information content (AvgIpc) is 2.67. The summed E-state index contributed by atoms with van der Waals surface area (Å²) in [5.74, 6) is 0.263. The summed E-state index contributed by atoms with van der Waals surface area (Å²) in [6.07, 6.45) is 8.61. The first kappa shape index (κ1) is 20.1. The Balaban J connectivity index is 1.88. The Labute approximate surface area is 165 Å². The van der Waals surface area contributed by atoms with Gasteiger partial charge in [0.15, 0.2) is 0 Å². The van der Waals surface area contributed by atoms with E-state index < -0.39 is 7.26 Å².